The molecule has 0 radical (unpaired) electrons. The molecule has 0 saturated carbocycles. The van der Waals surface area contributed by atoms with Crippen LogP contribution in [0.5, 0.6) is 0 Å². The third-order valence-corrected chi connectivity index (χ3v) is 6.57. The molecule has 2 amide bonds. The van der Waals surface area contributed by atoms with Crippen molar-refractivity contribution in [3.8, 4) is 0 Å². The topological polar surface area (TPSA) is 58.6 Å². The smallest absolute Gasteiger partial charge is 0.411 e. The average Bonchev–Trinajstić information content (AvgIpc) is 2.73. The number of nitrogens with zero attached hydrogens (tertiary/aromatic N) is 1. The van der Waals surface area contributed by atoms with Crippen LogP contribution in [0.15, 0.2) is 53.0 Å². The summed E-state index contributed by atoms with van der Waals surface area (Å²) in [7, 11) is 0. The number of cyclic esters (lactones) is 1. The van der Waals surface area contributed by atoms with E-state index in [-0.39, 0.29) is 23.2 Å². The van der Waals surface area contributed by atoms with Crippen molar-refractivity contribution in [3.63, 3.8) is 0 Å². The van der Waals surface area contributed by atoms with E-state index in [1.165, 1.54) is 19.1 Å². The van der Waals surface area contributed by atoms with Crippen LogP contribution in [0, 0.1) is 11.2 Å². The Morgan fingerprint density at radius 3 is 2.41 bits per heavy atom. The van der Waals surface area contributed by atoms with Gasteiger partial charge in [0.1, 0.15) is 11.4 Å². The van der Waals surface area contributed by atoms with Crippen molar-refractivity contribution in [3.05, 3.63) is 69.9 Å². The van der Waals surface area contributed by atoms with Gasteiger partial charge in [-0.05, 0) is 54.2 Å². The highest BCUT2D eigenvalue weighted by molar-refractivity contribution is 9.10. The number of rotatable bonds is 7. The van der Waals surface area contributed by atoms with E-state index in [1.54, 1.807) is 17.0 Å². The van der Waals surface area contributed by atoms with Crippen molar-refractivity contribution >= 4 is 27.9 Å². The van der Waals surface area contributed by atoms with Crippen LogP contribution < -0.4 is 5.32 Å². The van der Waals surface area contributed by atoms with Gasteiger partial charge in [-0.1, -0.05) is 54.0 Å². The largest absolute Gasteiger partial charge is 0.438 e. The van der Waals surface area contributed by atoms with Crippen LogP contribution >= 0.6 is 15.9 Å². The highest BCUT2D eigenvalue weighted by Crippen LogP contribution is 2.44. The first-order chi connectivity index (χ1) is 15.0. The van der Waals surface area contributed by atoms with Crippen LogP contribution in [-0.2, 0) is 15.1 Å². The number of carbonyl (C=O) groups is 2. The minimum absolute atomic E-state index is 0.107. The lowest BCUT2D eigenvalue weighted by Crippen LogP contribution is -2.51. The quantitative estimate of drug-likeness (QED) is 0.507. The number of benzene rings is 2. The predicted molar refractivity (Wildman–Crippen MR) is 126 cm³/mol. The van der Waals surface area contributed by atoms with Gasteiger partial charge < -0.3 is 15.0 Å². The van der Waals surface area contributed by atoms with Gasteiger partial charge in [-0.2, -0.15) is 0 Å². The lowest BCUT2D eigenvalue weighted by atomic mass is 9.74. The summed E-state index contributed by atoms with van der Waals surface area (Å²) in [6.07, 6.45) is 0.665. The van der Waals surface area contributed by atoms with E-state index in [4.69, 9.17) is 4.74 Å². The van der Waals surface area contributed by atoms with Crippen LogP contribution in [0.1, 0.15) is 57.7 Å². The number of hydrogen-bond donors (Lipinski definition) is 1. The maximum atomic E-state index is 13.6. The molecule has 1 fully saturated rings. The second kappa shape index (κ2) is 9.61. The molecule has 1 saturated heterocycles. The van der Waals surface area contributed by atoms with Gasteiger partial charge in [0.05, 0.1) is 6.04 Å². The average molecular weight is 505 g/mol. The Morgan fingerprint density at radius 2 is 1.84 bits per heavy atom. The third kappa shape index (κ3) is 5.68. The molecule has 3 rings (SSSR count). The number of amides is 2. The fraction of sp³-hybridized carbons (Fsp3) is 0.440. The lowest BCUT2D eigenvalue weighted by molar-refractivity contribution is -0.120. The van der Waals surface area contributed by atoms with Gasteiger partial charge in [0.15, 0.2) is 0 Å². The number of nitrogens with one attached hydrogen (secondary N) is 1. The first-order valence-corrected chi connectivity index (χ1v) is 11.6. The third-order valence-electron chi connectivity index (χ3n) is 6.04. The first kappa shape index (κ1) is 24.2. The molecule has 1 heterocycles. The van der Waals surface area contributed by atoms with Gasteiger partial charge in [-0.25, -0.2) is 9.18 Å². The maximum absolute atomic E-state index is 13.6. The molecule has 1 N–H and O–H groups in total. The normalized spacial score (nSPS) is 19.9. The van der Waals surface area contributed by atoms with Crippen LogP contribution in [0.3, 0.4) is 0 Å². The Kier molecular flexibility index (Phi) is 7.28. The zero-order chi connectivity index (χ0) is 23.5. The molecule has 5 nitrogen and oxygen atoms in total. The summed E-state index contributed by atoms with van der Waals surface area (Å²) >= 11 is 3.44. The van der Waals surface area contributed by atoms with Crippen LogP contribution in [0.25, 0.3) is 0 Å². The molecule has 172 valence electrons. The summed E-state index contributed by atoms with van der Waals surface area (Å²) in [5.74, 6) is -0.446. The van der Waals surface area contributed by atoms with Crippen molar-refractivity contribution in [2.45, 2.75) is 52.2 Å². The molecule has 0 aliphatic carbocycles. The van der Waals surface area contributed by atoms with Crippen LogP contribution in [-0.4, -0.2) is 30.0 Å². The summed E-state index contributed by atoms with van der Waals surface area (Å²) < 4.78 is 20.8. The van der Waals surface area contributed by atoms with Crippen molar-refractivity contribution < 1.29 is 18.7 Å². The van der Waals surface area contributed by atoms with E-state index < -0.39 is 11.7 Å². The highest BCUT2D eigenvalue weighted by atomic mass is 79.9. The van der Waals surface area contributed by atoms with Gasteiger partial charge in [0.25, 0.3) is 0 Å². The Bertz CT molecular complexity index is 962. The van der Waals surface area contributed by atoms with E-state index in [9.17, 15) is 14.0 Å². The number of halogens is 2. The molecule has 2 aromatic rings. The van der Waals surface area contributed by atoms with Crippen molar-refractivity contribution in [2.24, 2.45) is 5.41 Å². The van der Waals surface area contributed by atoms with E-state index in [0.29, 0.717) is 25.9 Å². The van der Waals surface area contributed by atoms with Gasteiger partial charge >= 0.3 is 6.09 Å². The van der Waals surface area contributed by atoms with E-state index in [0.717, 1.165) is 15.6 Å². The molecular formula is C25H30BrFN2O3. The second-order valence-corrected chi connectivity index (χ2v) is 10.2. The van der Waals surface area contributed by atoms with Gasteiger partial charge in [-0.3, -0.25) is 4.79 Å². The number of hydrogen-bond acceptors (Lipinski definition) is 3. The minimum Gasteiger partial charge on any atom is -0.438 e. The van der Waals surface area contributed by atoms with Gasteiger partial charge in [0.2, 0.25) is 5.91 Å². The Balaban J connectivity index is 1.87. The Labute approximate surface area is 197 Å². The standard InChI is InChI=1S/C25H30BrFN2O3/c1-17(19-5-9-21(26)10-6-19)29-14-13-25(32-23(29)31,20-7-11-22(27)12-8-20)15-24(3,4)16-28-18(2)30/h5-12,17H,13-16H2,1-4H3,(H,28,30)/t17-,25+/m0/s1. The van der Waals surface area contributed by atoms with Gasteiger partial charge in [-0.15, -0.1) is 0 Å². The molecule has 2 aromatic carbocycles. The van der Waals surface area contributed by atoms with E-state index in [1.807, 2.05) is 45.0 Å². The van der Waals surface area contributed by atoms with E-state index >= 15 is 0 Å². The molecule has 32 heavy (non-hydrogen) atoms. The zero-order valence-corrected chi connectivity index (χ0v) is 20.5. The van der Waals surface area contributed by atoms with Crippen LogP contribution in [0.4, 0.5) is 9.18 Å². The summed E-state index contributed by atoms with van der Waals surface area (Å²) in [6, 6.07) is 13.9. The Hall–Kier alpha value is -2.41. The summed E-state index contributed by atoms with van der Waals surface area (Å²) in [5, 5.41) is 2.86. The number of ether oxygens (including phenoxy) is 1. The first-order valence-electron chi connectivity index (χ1n) is 10.8. The molecule has 0 unspecified atom stereocenters. The summed E-state index contributed by atoms with van der Waals surface area (Å²) in [5.41, 5.74) is 0.534. The SMILES string of the molecule is CC(=O)NCC(C)(C)C[C@@]1(c2ccc(F)cc2)CCN([C@@H](C)c2ccc(Br)cc2)C(=O)O1. The monoisotopic (exact) mass is 504 g/mol. The Morgan fingerprint density at radius 1 is 1.22 bits per heavy atom. The van der Waals surface area contributed by atoms with Crippen molar-refractivity contribution in [1.29, 1.82) is 0 Å². The lowest BCUT2D eigenvalue weighted by Gasteiger charge is -2.46. The fourth-order valence-corrected chi connectivity index (χ4v) is 4.59. The molecule has 0 spiro atoms. The highest BCUT2D eigenvalue weighted by Gasteiger charge is 2.46. The van der Waals surface area contributed by atoms with Crippen LogP contribution in [0.2, 0.25) is 0 Å². The molecule has 0 aromatic heterocycles. The molecule has 0 bridgehead atoms. The molecule has 2 atom stereocenters. The maximum Gasteiger partial charge on any atom is 0.411 e. The van der Waals surface area contributed by atoms with Crippen molar-refractivity contribution in [1.82, 2.24) is 10.2 Å². The summed E-state index contributed by atoms with van der Waals surface area (Å²) in [4.78, 5) is 26.4. The zero-order valence-electron chi connectivity index (χ0n) is 19.0. The van der Waals surface area contributed by atoms with E-state index in [2.05, 4.69) is 21.2 Å². The summed E-state index contributed by atoms with van der Waals surface area (Å²) in [6.45, 7) is 8.47. The minimum atomic E-state index is -0.900. The molecule has 7 heteroatoms. The second-order valence-electron chi connectivity index (χ2n) is 9.29. The fourth-order valence-electron chi connectivity index (χ4n) is 4.32. The molecule has 1 aliphatic rings. The number of carbonyl (C=O) groups excluding carboxylic acids is 2. The van der Waals surface area contributed by atoms with Crippen molar-refractivity contribution in [2.75, 3.05) is 13.1 Å². The molecular weight excluding hydrogens is 475 g/mol. The predicted octanol–water partition coefficient (Wildman–Crippen LogP) is 5.94. The van der Waals surface area contributed by atoms with Gasteiger partial charge in [0, 0.05) is 30.9 Å². The molecule has 1 aliphatic heterocycles.